The minimum Gasteiger partial charge on any atom is -0.465 e. The highest BCUT2D eigenvalue weighted by Gasteiger charge is 2.15. The molecule has 0 aliphatic rings. The van der Waals surface area contributed by atoms with Gasteiger partial charge in [-0.25, -0.2) is 4.79 Å². The lowest BCUT2D eigenvalue weighted by atomic mass is 10.2. The number of hydrogen-bond acceptors (Lipinski definition) is 5. The maximum absolute atomic E-state index is 12.3. The van der Waals surface area contributed by atoms with Gasteiger partial charge in [0.15, 0.2) is 0 Å². The van der Waals surface area contributed by atoms with E-state index >= 15 is 0 Å². The smallest absolute Gasteiger partial charge is 0.337 e. The van der Waals surface area contributed by atoms with E-state index in [2.05, 4.69) is 15.4 Å². The van der Waals surface area contributed by atoms with E-state index in [1.807, 2.05) is 0 Å². The SMILES string of the molecule is COC(=O)c1cccc(NC(=O)CCN(C(C)=O)c2cccc(NC(C)=O)c2)c1. The third kappa shape index (κ3) is 6.46. The highest BCUT2D eigenvalue weighted by Crippen LogP contribution is 2.20. The molecule has 0 aromatic heterocycles. The van der Waals surface area contributed by atoms with Crippen LogP contribution in [-0.4, -0.2) is 37.3 Å². The van der Waals surface area contributed by atoms with Crippen molar-refractivity contribution in [2.75, 3.05) is 29.2 Å². The van der Waals surface area contributed by atoms with Crippen LogP contribution in [0.1, 0.15) is 30.6 Å². The first-order valence-electron chi connectivity index (χ1n) is 8.94. The predicted molar refractivity (Wildman–Crippen MR) is 110 cm³/mol. The summed E-state index contributed by atoms with van der Waals surface area (Å²) in [5.74, 6) is -1.25. The Balaban J connectivity index is 2.04. The summed E-state index contributed by atoms with van der Waals surface area (Å²) in [6.07, 6.45) is 0.0480. The van der Waals surface area contributed by atoms with Gasteiger partial charge in [-0.1, -0.05) is 12.1 Å². The Hall–Kier alpha value is -3.68. The van der Waals surface area contributed by atoms with Gasteiger partial charge in [0, 0.05) is 43.9 Å². The zero-order chi connectivity index (χ0) is 21.4. The van der Waals surface area contributed by atoms with Gasteiger partial charge in [-0.15, -0.1) is 0 Å². The molecule has 0 saturated carbocycles. The first-order chi connectivity index (χ1) is 13.8. The number of hydrogen-bond donors (Lipinski definition) is 2. The van der Waals surface area contributed by atoms with Crippen molar-refractivity contribution in [2.24, 2.45) is 0 Å². The number of esters is 1. The Morgan fingerprint density at radius 3 is 2.21 bits per heavy atom. The van der Waals surface area contributed by atoms with Crippen LogP contribution in [0.5, 0.6) is 0 Å². The average Bonchev–Trinajstić information content (AvgIpc) is 2.67. The van der Waals surface area contributed by atoms with E-state index in [0.717, 1.165) is 0 Å². The highest BCUT2D eigenvalue weighted by molar-refractivity contribution is 5.97. The van der Waals surface area contributed by atoms with E-state index in [9.17, 15) is 19.2 Å². The van der Waals surface area contributed by atoms with Crippen molar-refractivity contribution in [1.29, 1.82) is 0 Å². The fourth-order valence-electron chi connectivity index (χ4n) is 2.70. The van der Waals surface area contributed by atoms with Gasteiger partial charge in [0.1, 0.15) is 0 Å². The van der Waals surface area contributed by atoms with Gasteiger partial charge in [0.05, 0.1) is 12.7 Å². The van der Waals surface area contributed by atoms with Crippen molar-refractivity contribution in [3.8, 4) is 0 Å². The van der Waals surface area contributed by atoms with E-state index in [4.69, 9.17) is 0 Å². The summed E-state index contributed by atoms with van der Waals surface area (Å²) < 4.78 is 4.66. The van der Waals surface area contributed by atoms with Crippen LogP contribution in [0.15, 0.2) is 48.5 Å². The summed E-state index contributed by atoms with van der Waals surface area (Å²) in [6, 6.07) is 13.2. The lowest BCUT2D eigenvalue weighted by molar-refractivity contribution is -0.117. The fourth-order valence-corrected chi connectivity index (χ4v) is 2.70. The summed E-state index contributed by atoms with van der Waals surface area (Å²) in [6.45, 7) is 2.96. The van der Waals surface area contributed by atoms with Gasteiger partial charge in [0.2, 0.25) is 17.7 Å². The molecule has 2 N–H and O–H groups in total. The van der Waals surface area contributed by atoms with Crippen LogP contribution >= 0.6 is 0 Å². The minimum absolute atomic E-state index is 0.0480. The number of amides is 3. The molecule has 0 radical (unpaired) electrons. The molecule has 0 bridgehead atoms. The molecule has 0 spiro atoms. The van der Waals surface area contributed by atoms with Crippen LogP contribution < -0.4 is 15.5 Å². The molecule has 3 amide bonds. The van der Waals surface area contributed by atoms with Gasteiger partial charge in [0.25, 0.3) is 0 Å². The number of carbonyl (C=O) groups excluding carboxylic acids is 4. The van der Waals surface area contributed by atoms with Crippen LogP contribution in [0, 0.1) is 0 Å². The van der Waals surface area contributed by atoms with Crippen LogP contribution in [0.2, 0.25) is 0 Å². The topological polar surface area (TPSA) is 105 Å². The van der Waals surface area contributed by atoms with Crippen molar-refractivity contribution in [2.45, 2.75) is 20.3 Å². The maximum Gasteiger partial charge on any atom is 0.337 e. The number of rotatable bonds is 7. The predicted octanol–water partition coefficient (Wildman–Crippen LogP) is 2.81. The highest BCUT2D eigenvalue weighted by atomic mass is 16.5. The Bertz CT molecular complexity index is 926. The molecular weight excluding hydrogens is 374 g/mol. The normalized spacial score (nSPS) is 10.0. The summed E-state index contributed by atoms with van der Waals surface area (Å²) in [5, 5.41) is 5.36. The van der Waals surface area contributed by atoms with Crippen molar-refractivity contribution in [3.63, 3.8) is 0 Å². The molecule has 8 heteroatoms. The molecule has 152 valence electrons. The van der Waals surface area contributed by atoms with Crippen molar-refractivity contribution in [1.82, 2.24) is 0 Å². The van der Waals surface area contributed by atoms with E-state index < -0.39 is 5.97 Å². The molecule has 2 aromatic rings. The summed E-state index contributed by atoms with van der Waals surface area (Å²) >= 11 is 0. The van der Waals surface area contributed by atoms with E-state index in [0.29, 0.717) is 22.6 Å². The first-order valence-corrected chi connectivity index (χ1v) is 8.94. The number of methoxy groups -OCH3 is 1. The Morgan fingerprint density at radius 2 is 1.59 bits per heavy atom. The van der Waals surface area contributed by atoms with Crippen molar-refractivity contribution in [3.05, 3.63) is 54.1 Å². The number of ether oxygens (including phenoxy) is 1. The van der Waals surface area contributed by atoms with Gasteiger partial charge in [-0.05, 0) is 36.4 Å². The molecule has 0 unspecified atom stereocenters. The Labute approximate surface area is 168 Å². The number of benzene rings is 2. The number of anilines is 3. The third-order valence-electron chi connectivity index (χ3n) is 3.99. The quantitative estimate of drug-likeness (QED) is 0.699. The lowest BCUT2D eigenvalue weighted by Crippen LogP contribution is -2.32. The maximum atomic E-state index is 12.3. The van der Waals surface area contributed by atoms with Crippen LogP contribution in [0.25, 0.3) is 0 Å². The summed E-state index contributed by atoms with van der Waals surface area (Å²) in [5.41, 5.74) is 1.92. The largest absolute Gasteiger partial charge is 0.465 e. The third-order valence-corrected chi connectivity index (χ3v) is 3.99. The van der Waals surface area contributed by atoms with Gasteiger partial charge in [-0.3, -0.25) is 14.4 Å². The molecule has 2 aromatic carbocycles. The molecule has 2 rings (SSSR count). The van der Waals surface area contributed by atoms with Crippen LogP contribution in [0.3, 0.4) is 0 Å². The zero-order valence-electron chi connectivity index (χ0n) is 16.5. The van der Waals surface area contributed by atoms with Crippen molar-refractivity contribution >= 4 is 40.8 Å². The molecule has 0 fully saturated rings. The number of carbonyl (C=O) groups is 4. The van der Waals surface area contributed by atoms with Gasteiger partial charge < -0.3 is 20.3 Å². The van der Waals surface area contributed by atoms with E-state index in [1.54, 1.807) is 42.5 Å². The molecule has 8 nitrogen and oxygen atoms in total. The van der Waals surface area contributed by atoms with E-state index in [1.165, 1.54) is 31.9 Å². The fraction of sp³-hybridized carbons (Fsp3) is 0.238. The van der Waals surface area contributed by atoms with Crippen LogP contribution in [-0.2, 0) is 19.1 Å². The summed E-state index contributed by atoms with van der Waals surface area (Å²) in [7, 11) is 1.28. The molecule has 0 aliphatic heterocycles. The second kappa shape index (κ2) is 10.0. The lowest BCUT2D eigenvalue weighted by Gasteiger charge is -2.21. The van der Waals surface area contributed by atoms with Gasteiger partial charge >= 0.3 is 5.97 Å². The van der Waals surface area contributed by atoms with Gasteiger partial charge in [-0.2, -0.15) is 0 Å². The molecule has 0 saturated heterocycles. The molecule has 0 atom stereocenters. The molecule has 0 heterocycles. The number of nitrogens with zero attached hydrogens (tertiary/aromatic N) is 1. The summed E-state index contributed by atoms with van der Waals surface area (Å²) in [4.78, 5) is 48.6. The first kappa shape index (κ1) is 21.6. The minimum atomic E-state index is -0.497. The number of nitrogens with one attached hydrogen (secondary N) is 2. The Kier molecular flexibility index (Phi) is 7.47. The zero-order valence-corrected chi connectivity index (χ0v) is 16.5. The van der Waals surface area contributed by atoms with Crippen molar-refractivity contribution < 1.29 is 23.9 Å². The molecular formula is C21H23N3O5. The standard InChI is InChI=1S/C21H23N3O5/c1-14(25)22-18-8-5-9-19(13-18)24(15(2)26)11-10-20(27)23-17-7-4-6-16(12-17)21(28)29-3/h4-9,12-13H,10-11H2,1-3H3,(H,22,25)(H,23,27). The van der Waals surface area contributed by atoms with Crippen LogP contribution in [0.4, 0.5) is 17.1 Å². The average molecular weight is 397 g/mol. The Morgan fingerprint density at radius 1 is 0.931 bits per heavy atom. The molecule has 0 aliphatic carbocycles. The molecule has 29 heavy (non-hydrogen) atoms. The monoisotopic (exact) mass is 397 g/mol. The second-order valence-corrected chi connectivity index (χ2v) is 6.27. The second-order valence-electron chi connectivity index (χ2n) is 6.27. The van der Waals surface area contributed by atoms with E-state index in [-0.39, 0.29) is 30.7 Å².